The highest BCUT2D eigenvalue weighted by molar-refractivity contribution is 5.97. The summed E-state index contributed by atoms with van der Waals surface area (Å²) in [5.41, 5.74) is 0.484. The number of carbonyl (C=O) groups is 2. The Kier molecular flexibility index (Phi) is 7.07. The maximum atomic E-state index is 12.6. The number of para-hydroxylation sites is 1. The molecule has 1 heterocycles. The fraction of sp³-hybridized carbons (Fsp3) is 0.346. The third-order valence-corrected chi connectivity index (χ3v) is 5.82. The van der Waals surface area contributed by atoms with Gasteiger partial charge in [0, 0.05) is 17.5 Å². The van der Waals surface area contributed by atoms with Crippen LogP contribution in [-0.4, -0.2) is 24.5 Å². The molecule has 1 amide bonds. The third-order valence-electron chi connectivity index (χ3n) is 5.82. The molecule has 3 aromatic rings. The van der Waals surface area contributed by atoms with E-state index >= 15 is 0 Å². The summed E-state index contributed by atoms with van der Waals surface area (Å²) in [6.07, 6.45) is 5.97. The molecule has 7 nitrogen and oxygen atoms in total. The molecule has 1 saturated carbocycles. The second-order valence-corrected chi connectivity index (χ2v) is 8.18. The molecule has 0 unspecified atom stereocenters. The average molecular weight is 450 g/mol. The predicted molar refractivity (Wildman–Crippen MR) is 124 cm³/mol. The van der Waals surface area contributed by atoms with Gasteiger partial charge in [-0.15, -0.1) is 0 Å². The number of rotatable bonds is 7. The fourth-order valence-electron chi connectivity index (χ4n) is 4.06. The van der Waals surface area contributed by atoms with Crippen LogP contribution in [0.1, 0.15) is 54.9 Å². The molecule has 2 aromatic carbocycles. The molecule has 0 aliphatic heterocycles. The molecule has 4 rings (SSSR count). The van der Waals surface area contributed by atoms with Crippen LogP contribution in [0, 0.1) is 0 Å². The first-order chi connectivity index (χ1) is 16.0. The Labute approximate surface area is 191 Å². The summed E-state index contributed by atoms with van der Waals surface area (Å²) in [4.78, 5) is 37.2. The summed E-state index contributed by atoms with van der Waals surface area (Å²) in [6.45, 7) is 1.76. The summed E-state index contributed by atoms with van der Waals surface area (Å²) in [5, 5.41) is 3.50. The molecule has 1 fully saturated rings. The number of carbonyl (C=O) groups excluding carboxylic acids is 2. The standard InChI is InChI=1S/C26H27NO6/c1-2-17-8-6-7-11-22(17)31-16-24(28)32-20-13-12-18-14-21(26(30)33-23(18)15-20)25(29)27-19-9-4-3-5-10-19/h6-8,11-15,19H,2-5,9-10,16H2,1H3,(H,27,29). The van der Waals surface area contributed by atoms with Crippen molar-refractivity contribution in [2.24, 2.45) is 0 Å². The van der Waals surface area contributed by atoms with Crippen molar-refractivity contribution < 1.29 is 23.5 Å². The van der Waals surface area contributed by atoms with Crippen LogP contribution in [-0.2, 0) is 11.2 Å². The average Bonchev–Trinajstić information content (AvgIpc) is 2.83. The van der Waals surface area contributed by atoms with Crippen LogP contribution in [0.3, 0.4) is 0 Å². The monoisotopic (exact) mass is 449 g/mol. The number of amides is 1. The van der Waals surface area contributed by atoms with Crippen LogP contribution in [0.2, 0.25) is 0 Å². The van der Waals surface area contributed by atoms with Gasteiger partial charge < -0.3 is 19.2 Å². The molecule has 7 heteroatoms. The molecule has 0 bridgehead atoms. The van der Waals surface area contributed by atoms with Gasteiger partial charge >= 0.3 is 11.6 Å². The second-order valence-electron chi connectivity index (χ2n) is 8.18. The second kappa shape index (κ2) is 10.3. The van der Waals surface area contributed by atoms with Crippen molar-refractivity contribution in [2.45, 2.75) is 51.5 Å². The van der Waals surface area contributed by atoms with E-state index in [4.69, 9.17) is 13.9 Å². The Hall–Kier alpha value is -3.61. The first kappa shape index (κ1) is 22.6. The topological polar surface area (TPSA) is 94.8 Å². The predicted octanol–water partition coefficient (Wildman–Crippen LogP) is 4.40. The van der Waals surface area contributed by atoms with Crippen molar-refractivity contribution in [3.8, 4) is 11.5 Å². The minimum Gasteiger partial charge on any atom is -0.482 e. The lowest BCUT2D eigenvalue weighted by molar-refractivity contribution is -0.136. The fourth-order valence-corrected chi connectivity index (χ4v) is 4.06. The van der Waals surface area contributed by atoms with Crippen molar-refractivity contribution in [3.05, 3.63) is 70.1 Å². The highest BCUT2D eigenvalue weighted by Gasteiger charge is 2.20. The molecule has 1 N–H and O–H groups in total. The highest BCUT2D eigenvalue weighted by atomic mass is 16.6. The van der Waals surface area contributed by atoms with Crippen LogP contribution in [0.4, 0.5) is 0 Å². The van der Waals surface area contributed by atoms with Gasteiger partial charge in [-0.1, -0.05) is 44.4 Å². The normalized spacial score (nSPS) is 14.1. The van der Waals surface area contributed by atoms with Gasteiger partial charge in [-0.25, -0.2) is 9.59 Å². The lowest BCUT2D eigenvalue weighted by atomic mass is 9.95. The van der Waals surface area contributed by atoms with Crippen LogP contribution < -0.4 is 20.4 Å². The van der Waals surface area contributed by atoms with Gasteiger partial charge in [0.25, 0.3) is 5.91 Å². The molecule has 172 valence electrons. The quantitative estimate of drug-likeness (QED) is 0.326. The van der Waals surface area contributed by atoms with Crippen molar-refractivity contribution in [1.29, 1.82) is 0 Å². The van der Waals surface area contributed by atoms with E-state index in [1.807, 2.05) is 25.1 Å². The Morgan fingerprint density at radius 2 is 1.85 bits per heavy atom. The maximum absolute atomic E-state index is 12.6. The molecule has 1 aromatic heterocycles. The summed E-state index contributed by atoms with van der Waals surface area (Å²) in [6, 6.07) is 13.8. The first-order valence-corrected chi connectivity index (χ1v) is 11.3. The molecule has 33 heavy (non-hydrogen) atoms. The highest BCUT2D eigenvalue weighted by Crippen LogP contribution is 2.22. The first-order valence-electron chi connectivity index (χ1n) is 11.3. The van der Waals surface area contributed by atoms with Gasteiger partial charge in [0.2, 0.25) is 0 Å². The lowest BCUT2D eigenvalue weighted by Gasteiger charge is -2.22. The number of fused-ring (bicyclic) bond motifs is 1. The molecule has 1 aliphatic rings. The van der Waals surface area contributed by atoms with E-state index in [-0.39, 0.29) is 29.5 Å². The van der Waals surface area contributed by atoms with E-state index in [0.717, 1.165) is 37.7 Å². The van der Waals surface area contributed by atoms with E-state index in [9.17, 15) is 14.4 Å². The van der Waals surface area contributed by atoms with Crippen molar-refractivity contribution in [2.75, 3.05) is 6.61 Å². The number of ether oxygens (including phenoxy) is 2. The van der Waals surface area contributed by atoms with E-state index in [0.29, 0.717) is 11.1 Å². The van der Waals surface area contributed by atoms with Crippen molar-refractivity contribution in [1.82, 2.24) is 5.32 Å². The SMILES string of the molecule is CCc1ccccc1OCC(=O)Oc1ccc2cc(C(=O)NC3CCCCC3)c(=O)oc2c1. The zero-order chi connectivity index (χ0) is 23.2. The molecular formula is C26H27NO6. The van der Waals surface area contributed by atoms with E-state index in [1.165, 1.54) is 18.6 Å². The number of nitrogens with one attached hydrogen (secondary N) is 1. The van der Waals surface area contributed by atoms with Gasteiger partial charge in [0.1, 0.15) is 22.6 Å². The summed E-state index contributed by atoms with van der Waals surface area (Å²) < 4.78 is 16.3. The zero-order valence-corrected chi connectivity index (χ0v) is 18.6. The van der Waals surface area contributed by atoms with Gasteiger partial charge in [0.05, 0.1) is 0 Å². The van der Waals surface area contributed by atoms with Gasteiger partial charge in [0.15, 0.2) is 6.61 Å². The Morgan fingerprint density at radius 3 is 2.64 bits per heavy atom. The lowest BCUT2D eigenvalue weighted by Crippen LogP contribution is -2.38. The number of hydrogen-bond acceptors (Lipinski definition) is 6. The summed E-state index contributed by atoms with van der Waals surface area (Å²) in [5.74, 6) is -0.133. The molecule has 1 aliphatic carbocycles. The van der Waals surface area contributed by atoms with Gasteiger partial charge in [-0.2, -0.15) is 0 Å². The van der Waals surface area contributed by atoms with Crippen LogP contribution >= 0.6 is 0 Å². The molecule has 0 atom stereocenters. The molecule has 0 saturated heterocycles. The van der Waals surface area contributed by atoms with Crippen LogP contribution in [0.25, 0.3) is 11.0 Å². The van der Waals surface area contributed by atoms with Gasteiger partial charge in [-0.3, -0.25) is 4.79 Å². The molecule has 0 radical (unpaired) electrons. The summed E-state index contributed by atoms with van der Waals surface area (Å²) >= 11 is 0. The Balaban J connectivity index is 1.42. The third kappa shape index (κ3) is 5.61. The Morgan fingerprint density at radius 1 is 1.06 bits per heavy atom. The largest absolute Gasteiger partial charge is 0.482 e. The minimum absolute atomic E-state index is 0.0270. The maximum Gasteiger partial charge on any atom is 0.349 e. The van der Waals surface area contributed by atoms with E-state index < -0.39 is 17.5 Å². The van der Waals surface area contributed by atoms with E-state index in [1.54, 1.807) is 18.2 Å². The zero-order valence-electron chi connectivity index (χ0n) is 18.6. The van der Waals surface area contributed by atoms with Crippen LogP contribution in [0.5, 0.6) is 11.5 Å². The van der Waals surface area contributed by atoms with Gasteiger partial charge in [-0.05, 0) is 49.1 Å². The van der Waals surface area contributed by atoms with E-state index in [2.05, 4.69) is 5.32 Å². The summed E-state index contributed by atoms with van der Waals surface area (Å²) in [7, 11) is 0. The smallest absolute Gasteiger partial charge is 0.349 e. The number of benzene rings is 2. The van der Waals surface area contributed by atoms with Crippen molar-refractivity contribution in [3.63, 3.8) is 0 Å². The number of esters is 1. The molecule has 0 spiro atoms. The Bertz CT molecular complexity index is 1210. The minimum atomic E-state index is -0.723. The number of aryl methyl sites for hydroxylation is 1. The van der Waals surface area contributed by atoms with Crippen molar-refractivity contribution >= 4 is 22.8 Å². The molecular weight excluding hydrogens is 422 g/mol. The van der Waals surface area contributed by atoms with Crippen LogP contribution in [0.15, 0.2) is 57.7 Å². The number of hydrogen-bond donors (Lipinski definition) is 1.